The third-order valence-electron chi connectivity index (χ3n) is 4.16. The fourth-order valence-electron chi connectivity index (χ4n) is 2.91. The third-order valence-corrected chi connectivity index (χ3v) is 4.16. The highest BCUT2D eigenvalue weighted by molar-refractivity contribution is 5.77. The van der Waals surface area contributed by atoms with Crippen molar-refractivity contribution in [3.63, 3.8) is 0 Å². The van der Waals surface area contributed by atoms with Gasteiger partial charge in [-0.3, -0.25) is 4.79 Å². The van der Waals surface area contributed by atoms with E-state index in [4.69, 9.17) is 4.74 Å². The van der Waals surface area contributed by atoms with Gasteiger partial charge >= 0.3 is 6.18 Å². The summed E-state index contributed by atoms with van der Waals surface area (Å²) >= 11 is 0. The van der Waals surface area contributed by atoms with E-state index in [0.717, 1.165) is 16.8 Å². The molecule has 1 N–H and O–H groups in total. The smallest absolute Gasteiger partial charge is 0.382 e. The lowest BCUT2D eigenvalue weighted by Gasteiger charge is -2.18. The van der Waals surface area contributed by atoms with E-state index in [1.54, 1.807) is 0 Å². The molecule has 0 amide bonds. The van der Waals surface area contributed by atoms with E-state index in [9.17, 15) is 26.7 Å². The van der Waals surface area contributed by atoms with Crippen LogP contribution in [0.2, 0.25) is 0 Å². The van der Waals surface area contributed by atoms with Crippen molar-refractivity contribution in [1.29, 1.82) is 0 Å². The van der Waals surface area contributed by atoms with Crippen molar-refractivity contribution < 1.29 is 26.7 Å². The number of ether oxygens (including phenoxy) is 1. The zero-order valence-electron chi connectivity index (χ0n) is 14.7. The van der Waals surface area contributed by atoms with Gasteiger partial charge in [0, 0.05) is 7.11 Å². The Bertz CT molecular complexity index is 1040. The highest BCUT2D eigenvalue weighted by Crippen LogP contribution is 2.32. The minimum Gasteiger partial charge on any atom is -0.382 e. The van der Waals surface area contributed by atoms with Gasteiger partial charge in [0.05, 0.1) is 12.2 Å². The molecule has 0 bridgehead atoms. The van der Waals surface area contributed by atoms with E-state index in [0.29, 0.717) is 5.56 Å². The number of aromatic amines is 1. The average molecular weight is 402 g/mol. The van der Waals surface area contributed by atoms with Crippen LogP contribution < -0.4 is 5.56 Å². The predicted molar refractivity (Wildman–Crippen MR) is 89.3 cm³/mol. The van der Waals surface area contributed by atoms with Gasteiger partial charge in [-0.05, 0) is 24.6 Å². The van der Waals surface area contributed by atoms with Crippen LogP contribution >= 0.6 is 0 Å². The molecule has 28 heavy (non-hydrogen) atoms. The topological polar surface area (TPSA) is 72.8 Å². The standard InChI is InChI=1S/C17H15F5N4O2/c1-8-23-15-12(16(27)24-8)13(14(18)19)25-26(15)11(7-28-2)9-3-5-10(6-4-9)17(20,21)22/h3-6,11,14H,7H2,1-2H3,(H,23,24,27)/t11-/m1/s1. The summed E-state index contributed by atoms with van der Waals surface area (Å²) in [6.45, 7) is 1.39. The van der Waals surface area contributed by atoms with E-state index < -0.39 is 35.5 Å². The highest BCUT2D eigenvalue weighted by Gasteiger charge is 2.31. The van der Waals surface area contributed by atoms with Crippen LogP contribution in [-0.4, -0.2) is 33.5 Å². The maximum absolute atomic E-state index is 13.4. The predicted octanol–water partition coefficient (Wildman–Crippen LogP) is 3.62. The summed E-state index contributed by atoms with van der Waals surface area (Å²) in [5.41, 5.74) is -2.14. The molecule has 2 heterocycles. The van der Waals surface area contributed by atoms with Crippen LogP contribution in [0.1, 0.15) is 35.1 Å². The zero-order valence-corrected chi connectivity index (χ0v) is 14.7. The molecule has 0 saturated carbocycles. The van der Waals surface area contributed by atoms with Gasteiger partial charge in [0.2, 0.25) is 0 Å². The third kappa shape index (κ3) is 3.61. The van der Waals surface area contributed by atoms with Crippen molar-refractivity contribution in [1.82, 2.24) is 19.7 Å². The monoisotopic (exact) mass is 402 g/mol. The van der Waals surface area contributed by atoms with Gasteiger partial charge in [-0.1, -0.05) is 12.1 Å². The van der Waals surface area contributed by atoms with Crippen LogP contribution in [0.25, 0.3) is 11.0 Å². The van der Waals surface area contributed by atoms with Gasteiger partial charge in [-0.15, -0.1) is 0 Å². The summed E-state index contributed by atoms with van der Waals surface area (Å²) < 4.78 is 71.4. The molecular formula is C17H15F5N4O2. The quantitative estimate of drug-likeness (QED) is 0.662. The number of hydrogen-bond acceptors (Lipinski definition) is 4. The second-order valence-corrected chi connectivity index (χ2v) is 6.07. The van der Waals surface area contributed by atoms with Crippen molar-refractivity contribution >= 4 is 11.0 Å². The minimum absolute atomic E-state index is 0.0850. The van der Waals surface area contributed by atoms with Crippen LogP contribution in [0.3, 0.4) is 0 Å². The fraction of sp³-hybridized carbons (Fsp3) is 0.353. The second kappa shape index (κ2) is 7.30. The van der Waals surface area contributed by atoms with E-state index in [1.807, 2.05) is 0 Å². The van der Waals surface area contributed by atoms with Gasteiger partial charge in [0.15, 0.2) is 5.65 Å². The lowest BCUT2D eigenvalue weighted by Crippen LogP contribution is -2.19. The average Bonchev–Trinajstić information content (AvgIpc) is 2.99. The lowest BCUT2D eigenvalue weighted by atomic mass is 10.1. The molecule has 0 aliphatic rings. The number of nitrogens with one attached hydrogen (secondary N) is 1. The van der Waals surface area contributed by atoms with Crippen LogP contribution in [0.15, 0.2) is 29.1 Å². The number of aryl methyl sites for hydroxylation is 1. The number of aromatic nitrogens is 4. The number of halogens is 5. The normalized spacial score (nSPS) is 13.4. The molecular weight excluding hydrogens is 387 g/mol. The first-order valence-corrected chi connectivity index (χ1v) is 8.06. The number of H-pyrrole nitrogens is 1. The van der Waals surface area contributed by atoms with E-state index in [-0.39, 0.29) is 23.5 Å². The van der Waals surface area contributed by atoms with Crippen molar-refractivity contribution in [2.24, 2.45) is 0 Å². The first kappa shape index (κ1) is 19.9. The molecule has 6 nitrogen and oxygen atoms in total. The Hall–Kier alpha value is -2.82. The van der Waals surface area contributed by atoms with Crippen LogP contribution in [0.4, 0.5) is 22.0 Å². The van der Waals surface area contributed by atoms with Crippen LogP contribution in [0, 0.1) is 6.92 Å². The van der Waals surface area contributed by atoms with Gasteiger partial charge in [0.1, 0.15) is 22.9 Å². The van der Waals surface area contributed by atoms with Crippen molar-refractivity contribution in [2.75, 3.05) is 13.7 Å². The summed E-state index contributed by atoms with van der Waals surface area (Å²) in [6.07, 6.45) is -7.55. The Morgan fingerprint density at radius 1 is 1.21 bits per heavy atom. The molecule has 0 aliphatic heterocycles. The van der Waals surface area contributed by atoms with Crippen LogP contribution in [0.5, 0.6) is 0 Å². The molecule has 0 unspecified atom stereocenters. The molecule has 3 aromatic rings. The molecule has 150 valence electrons. The SMILES string of the molecule is COC[C@H](c1ccc(C(F)(F)F)cc1)n1nc(C(F)F)c2c(=O)[nH]c(C)nc21. The van der Waals surface area contributed by atoms with Crippen molar-refractivity contribution in [3.8, 4) is 0 Å². The molecule has 0 aliphatic carbocycles. The van der Waals surface area contributed by atoms with E-state index in [1.165, 1.54) is 26.2 Å². The summed E-state index contributed by atoms with van der Waals surface area (Å²) in [4.78, 5) is 18.6. The van der Waals surface area contributed by atoms with Crippen molar-refractivity contribution in [2.45, 2.75) is 25.6 Å². The van der Waals surface area contributed by atoms with Gasteiger partial charge in [-0.2, -0.15) is 18.3 Å². The highest BCUT2D eigenvalue weighted by atomic mass is 19.4. The van der Waals surface area contributed by atoms with Crippen LogP contribution in [-0.2, 0) is 10.9 Å². The van der Waals surface area contributed by atoms with Gasteiger partial charge in [0.25, 0.3) is 12.0 Å². The molecule has 2 aromatic heterocycles. The molecule has 1 atom stereocenters. The number of rotatable bonds is 5. The number of methoxy groups -OCH3 is 1. The number of nitrogens with zero attached hydrogens (tertiary/aromatic N) is 3. The molecule has 3 rings (SSSR count). The van der Waals surface area contributed by atoms with E-state index in [2.05, 4.69) is 15.1 Å². The Kier molecular flexibility index (Phi) is 5.20. The van der Waals surface area contributed by atoms with E-state index >= 15 is 0 Å². The van der Waals surface area contributed by atoms with Gasteiger partial charge in [-0.25, -0.2) is 18.4 Å². The lowest BCUT2D eigenvalue weighted by molar-refractivity contribution is -0.137. The summed E-state index contributed by atoms with van der Waals surface area (Å²) in [6, 6.07) is 3.31. The Labute approximate surface area is 155 Å². The first-order chi connectivity index (χ1) is 13.1. The largest absolute Gasteiger partial charge is 0.416 e. The zero-order chi connectivity index (χ0) is 20.6. The fourth-order valence-corrected chi connectivity index (χ4v) is 2.91. The second-order valence-electron chi connectivity index (χ2n) is 6.07. The number of hydrogen-bond donors (Lipinski definition) is 1. The Morgan fingerprint density at radius 3 is 2.39 bits per heavy atom. The molecule has 0 saturated heterocycles. The Morgan fingerprint density at radius 2 is 1.86 bits per heavy atom. The summed E-state index contributed by atoms with van der Waals surface area (Å²) in [5, 5.41) is 3.47. The number of benzene rings is 1. The Balaban J connectivity index is 2.20. The molecule has 0 radical (unpaired) electrons. The first-order valence-electron chi connectivity index (χ1n) is 8.06. The maximum Gasteiger partial charge on any atom is 0.416 e. The maximum atomic E-state index is 13.4. The van der Waals surface area contributed by atoms with Crippen molar-refractivity contribution in [3.05, 3.63) is 57.3 Å². The van der Waals surface area contributed by atoms with Gasteiger partial charge < -0.3 is 9.72 Å². The summed E-state index contributed by atoms with van der Waals surface area (Å²) in [7, 11) is 1.35. The number of fused-ring (bicyclic) bond motifs is 1. The molecule has 0 fully saturated rings. The molecule has 11 heteroatoms. The molecule has 1 aromatic carbocycles. The molecule has 0 spiro atoms. The minimum atomic E-state index is -4.51. The number of alkyl halides is 5. The summed E-state index contributed by atoms with van der Waals surface area (Å²) in [5.74, 6) is 0.183.